The van der Waals surface area contributed by atoms with Crippen LogP contribution in [0.5, 0.6) is 0 Å². The van der Waals surface area contributed by atoms with Crippen molar-refractivity contribution in [2.24, 2.45) is 16.8 Å². The topological polar surface area (TPSA) is 63.2 Å². The Hall–Kier alpha value is -1.55. The van der Waals surface area contributed by atoms with Crippen molar-refractivity contribution >= 4 is 5.84 Å². The number of likely N-dealkylation sites (tertiary alicyclic amines) is 1. The first-order valence-electron chi connectivity index (χ1n) is 8.48. The maximum Gasteiger partial charge on any atom is 0.207 e. The summed E-state index contributed by atoms with van der Waals surface area (Å²) in [5.74, 6) is 0.940. The summed E-state index contributed by atoms with van der Waals surface area (Å²) >= 11 is 0. The van der Waals surface area contributed by atoms with Crippen LogP contribution in [0.25, 0.3) is 0 Å². The molecule has 114 valence electrons. The van der Waals surface area contributed by atoms with Crippen molar-refractivity contribution in [1.82, 2.24) is 4.90 Å². The summed E-state index contributed by atoms with van der Waals surface area (Å²) in [5.41, 5.74) is 0. The molecule has 1 aliphatic carbocycles. The minimum absolute atomic E-state index is 0.194. The fourth-order valence-electron chi connectivity index (χ4n) is 3.71. The van der Waals surface area contributed by atoms with E-state index in [0.29, 0.717) is 5.92 Å². The van der Waals surface area contributed by atoms with Gasteiger partial charge >= 0.3 is 0 Å². The Labute approximate surface area is 128 Å². The maximum atomic E-state index is 9.70. The van der Waals surface area contributed by atoms with Gasteiger partial charge in [0.05, 0.1) is 6.07 Å². The third kappa shape index (κ3) is 4.46. The molecule has 2 aliphatic rings. The van der Waals surface area contributed by atoms with Crippen molar-refractivity contribution in [3.8, 4) is 12.3 Å². The van der Waals surface area contributed by atoms with Crippen molar-refractivity contribution in [1.29, 1.82) is 10.5 Å². The molecule has 0 aromatic carbocycles. The number of aliphatic imine (C=N–C) groups is 1. The van der Waals surface area contributed by atoms with Gasteiger partial charge in [-0.3, -0.25) is 0 Å². The van der Waals surface area contributed by atoms with E-state index in [1.807, 2.05) is 6.19 Å². The van der Waals surface area contributed by atoms with Gasteiger partial charge in [-0.15, -0.1) is 0 Å². The first kappa shape index (κ1) is 15.8. The van der Waals surface area contributed by atoms with Crippen LogP contribution in [0.15, 0.2) is 4.99 Å². The lowest BCUT2D eigenvalue weighted by Gasteiger charge is -2.34. The van der Waals surface area contributed by atoms with E-state index in [4.69, 9.17) is 5.26 Å². The zero-order chi connectivity index (χ0) is 14.9. The second kappa shape index (κ2) is 8.67. The molecule has 0 amide bonds. The Balaban J connectivity index is 2.12. The summed E-state index contributed by atoms with van der Waals surface area (Å²) in [4.78, 5) is 6.27. The van der Waals surface area contributed by atoms with E-state index >= 15 is 0 Å². The van der Waals surface area contributed by atoms with Crippen molar-refractivity contribution in [2.75, 3.05) is 13.1 Å². The monoisotopic (exact) mass is 286 g/mol. The van der Waals surface area contributed by atoms with Crippen LogP contribution in [0.3, 0.4) is 0 Å². The summed E-state index contributed by atoms with van der Waals surface area (Å²) in [6.45, 7) is 1.90. The van der Waals surface area contributed by atoms with E-state index < -0.39 is 0 Å². The summed E-state index contributed by atoms with van der Waals surface area (Å²) in [5, 5.41) is 18.7. The minimum Gasteiger partial charge on any atom is -0.358 e. The molecule has 0 bridgehead atoms. The maximum absolute atomic E-state index is 9.70. The first-order valence-corrected chi connectivity index (χ1v) is 8.48. The fourth-order valence-corrected chi connectivity index (χ4v) is 3.71. The molecule has 2 rings (SSSR count). The molecule has 1 saturated carbocycles. The van der Waals surface area contributed by atoms with Crippen molar-refractivity contribution in [3.63, 3.8) is 0 Å². The Morgan fingerprint density at radius 2 is 1.48 bits per heavy atom. The van der Waals surface area contributed by atoms with Gasteiger partial charge in [0.25, 0.3) is 0 Å². The number of piperidine rings is 1. The van der Waals surface area contributed by atoms with Gasteiger partial charge in [0, 0.05) is 13.1 Å². The van der Waals surface area contributed by atoms with Crippen molar-refractivity contribution in [3.05, 3.63) is 0 Å². The van der Waals surface area contributed by atoms with Gasteiger partial charge in [-0.2, -0.15) is 15.5 Å². The molecule has 21 heavy (non-hydrogen) atoms. The van der Waals surface area contributed by atoms with Gasteiger partial charge in [0.15, 0.2) is 0 Å². The lowest BCUT2D eigenvalue weighted by atomic mass is 9.81. The number of nitrogens with zero attached hydrogens (tertiary/aromatic N) is 4. The highest BCUT2D eigenvalue weighted by molar-refractivity contribution is 5.88. The van der Waals surface area contributed by atoms with Crippen LogP contribution in [0.4, 0.5) is 0 Å². The Bertz CT molecular complexity index is 415. The van der Waals surface area contributed by atoms with Gasteiger partial charge in [0.1, 0.15) is 11.8 Å². The summed E-state index contributed by atoms with van der Waals surface area (Å²) in [7, 11) is 0. The molecule has 1 heterocycles. The average Bonchev–Trinajstić information content (AvgIpc) is 2.49. The van der Waals surface area contributed by atoms with Gasteiger partial charge in [-0.05, 0) is 38.0 Å². The zero-order valence-electron chi connectivity index (χ0n) is 12.9. The summed E-state index contributed by atoms with van der Waals surface area (Å²) in [6, 6.07) is 2.48. The first-order chi connectivity index (χ1) is 10.4. The van der Waals surface area contributed by atoms with Crippen LogP contribution in [-0.2, 0) is 0 Å². The molecule has 1 aliphatic heterocycles. The highest BCUT2D eigenvalue weighted by Gasteiger charge is 2.30. The molecular weight excluding hydrogens is 260 g/mol. The molecule has 1 saturated heterocycles. The largest absolute Gasteiger partial charge is 0.358 e. The standard InChI is InChI=1S/C17H26N4/c18-13-16(15-9-5-2-1-3-6-10-15)17(20-14-19)21-11-7-4-8-12-21/h15-16H,1-12H2. The molecule has 1 atom stereocenters. The van der Waals surface area contributed by atoms with E-state index in [0.717, 1.165) is 44.6 Å². The molecule has 0 N–H and O–H groups in total. The van der Waals surface area contributed by atoms with E-state index in [1.165, 1.54) is 38.5 Å². The van der Waals surface area contributed by atoms with E-state index in [-0.39, 0.29) is 5.92 Å². The van der Waals surface area contributed by atoms with E-state index in [9.17, 15) is 5.26 Å². The highest BCUT2D eigenvalue weighted by Crippen LogP contribution is 2.30. The molecule has 0 aromatic rings. The molecule has 0 spiro atoms. The molecular formula is C17H26N4. The molecule has 0 aromatic heterocycles. The predicted octanol–water partition coefficient (Wildman–Crippen LogP) is 3.85. The predicted molar refractivity (Wildman–Crippen MR) is 83.4 cm³/mol. The zero-order valence-corrected chi connectivity index (χ0v) is 12.9. The second-order valence-corrected chi connectivity index (χ2v) is 6.33. The van der Waals surface area contributed by atoms with Crippen LogP contribution in [0.2, 0.25) is 0 Å². The van der Waals surface area contributed by atoms with Crippen LogP contribution >= 0.6 is 0 Å². The number of rotatable bonds is 2. The summed E-state index contributed by atoms with van der Waals surface area (Å²) < 4.78 is 0. The van der Waals surface area contributed by atoms with Crippen molar-refractivity contribution < 1.29 is 0 Å². The smallest absolute Gasteiger partial charge is 0.207 e. The van der Waals surface area contributed by atoms with Crippen LogP contribution in [-0.4, -0.2) is 23.8 Å². The number of nitriles is 2. The Morgan fingerprint density at radius 1 is 0.905 bits per heavy atom. The molecule has 2 fully saturated rings. The molecule has 0 radical (unpaired) electrons. The third-order valence-corrected chi connectivity index (χ3v) is 4.88. The second-order valence-electron chi connectivity index (χ2n) is 6.33. The number of hydrogen-bond donors (Lipinski definition) is 0. The van der Waals surface area contributed by atoms with E-state index in [1.54, 1.807) is 0 Å². The van der Waals surface area contributed by atoms with Crippen LogP contribution < -0.4 is 0 Å². The SMILES string of the molecule is N#CN=C(C(C#N)C1CCCCCCC1)N1CCCCC1. The highest BCUT2D eigenvalue weighted by atomic mass is 15.2. The van der Waals surface area contributed by atoms with Gasteiger partial charge in [-0.25, -0.2) is 0 Å². The summed E-state index contributed by atoms with van der Waals surface area (Å²) in [6.07, 6.45) is 14.0. The van der Waals surface area contributed by atoms with E-state index in [2.05, 4.69) is 16.0 Å². The van der Waals surface area contributed by atoms with Gasteiger partial charge < -0.3 is 4.90 Å². The minimum atomic E-state index is -0.194. The number of hydrogen-bond acceptors (Lipinski definition) is 3. The number of amidine groups is 1. The van der Waals surface area contributed by atoms with Gasteiger partial charge in [-0.1, -0.05) is 32.1 Å². The average molecular weight is 286 g/mol. The normalized spacial score (nSPS) is 23.5. The van der Waals surface area contributed by atoms with Crippen LogP contribution in [0.1, 0.15) is 64.2 Å². The Morgan fingerprint density at radius 3 is 2.05 bits per heavy atom. The van der Waals surface area contributed by atoms with Gasteiger partial charge in [0.2, 0.25) is 6.19 Å². The fraction of sp³-hybridized carbons (Fsp3) is 0.824. The molecule has 4 nitrogen and oxygen atoms in total. The van der Waals surface area contributed by atoms with Crippen molar-refractivity contribution in [2.45, 2.75) is 64.2 Å². The molecule has 4 heteroatoms. The third-order valence-electron chi connectivity index (χ3n) is 4.88. The molecule has 1 unspecified atom stereocenters. The quantitative estimate of drug-likeness (QED) is 0.440. The Kier molecular flexibility index (Phi) is 6.54. The lowest BCUT2D eigenvalue weighted by Crippen LogP contribution is -2.41. The van der Waals surface area contributed by atoms with Crippen LogP contribution in [0, 0.1) is 34.6 Å². The lowest BCUT2D eigenvalue weighted by molar-refractivity contribution is 0.298.